The molecule has 3 aliphatic rings. The van der Waals surface area contributed by atoms with E-state index in [2.05, 4.69) is 50.4 Å². The van der Waals surface area contributed by atoms with E-state index in [0.29, 0.717) is 24.4 Å². The maximum Gasteiger partial charge on any atom is 0.133 e. The summed E-state index contributed by atoms with van der Waals surface area (Å²) in [6, 6.07) is 0. The second-order valence-electron chi connectivity index (χ2n) is 7.63. The van der Waals surface area contributed by atoms with Crippen LogP contribution in [-0.2, 0) is 0 Å². The predicted octanol–water partition coefficient (Wildman–Crippen LogP) is 5.40. The maximum absolute atomic E-state index is 9.46. The molecule has 1 heterocycles. The molecule has 2 aliphatic carbocycles. The van der Waals surface area contributed by atoms with Crippen LogP contribution in [0.3, 0.4) is 0 Å². The number of aliphatic imine (C=N–C) groups is 1. The number of hydrogen-bond donors (Lipinski definition) is 2. The van der Waals surface area contributed by atoms with Crippen LogP contribution in [0.5, 0.6) is 0 Å². The first-order chi connectivity index (χ1) is 13.1. The minimum Gasteiger partial charge on any atom is -0.396 e. The molecule has 1 fully saturated rings. The van der Waals surface area contributed by atoms with Gasteiger partial charge in [0, 0.05) is 40.1 Å². The van der Waals surface area contributed by atoms with Crippen molar-refractivity contribution < 1.29 is 5.11 Å². The molecule has 27 heavy (non-hydrogen) atoms. The first-order valence-electron chi connectivity index (χ1n) is 10.1. The number of halogens is 1. The molecule has 5 heteroatoms. The average Bonchev–Trinajstić information content (AvgIpc) is 3.02. The Kier molecular flexibility index (Phi) is 7.29. The molecule has 0 aromatic rings. The van der Waals surface area contributed by atoms with Crippen LogP contribution in [-0.4, -0.2) is 29.5 Å². The molecular weight excluding hydrogens is 376 g/mol. The lowest BCUT2D eigenvalue weighted by Crippen LogP contribution is -2.26. The van der Waals surface area contributed by atoms with Gasteiger partial charge in [-0.15, -0.1) is 11.6 Å². The highest BCUT2D eigenvalue weighted by Gasteiger charge is 2.33. The molecule has 2 atom stereocenters. The van der Waals surface area contributed by atoms with Gasteiger partial charge in [0.25, 0.3) is 0 Å². The van der Waals surface area contributed by atoms with E-state index in [1.165, 1.54) is 21.1 Å². The van der Waals surface area contributed by atoms with Crippen molar-refractivity contribution in [3.8, 4) is 0 Å². The van der Waals surface area contributed by atoms with Crippen LogP contribution in [0.4, 0.5) is 0 Å². The van der Waals surface area contributed by atoms with E-state index < -0.39 is 0 Å². The van der Waals surface area contributed by atoms with E-state index >= 15 is 0 Å². The number of alkyl halides is 1. The minimum absolute atomic E-state index is 0.0802. The van der Waals surface area contributed by atoms with Gasteiger partial charge in [-0.2, -0.15) is 0 Å². The number of thioether (sulfide) groups is 1. The highest BCUT2D eigenvalue weighted by molar-refractivity contribution is 8.07. The zero-order valence-corrected chi connectivity index (χ0v) is 18.1. The van der Waals surface area contributed by atoms with Gasteiger partial charge in [-0.1, -0.05) is 43.0 Å². The molecule has 0 spiro atoms. The number of rotatable bonds is 5. The van der Waals surface area contributed by atoms with Gasteiger partial charge in [0.15, 0.2) is 0 Å². The van der Waals surface area contributed by atoms with Crippen LogP contribution in [0.2, 0.25) is 0 Å². The number of aliphatic hydroxyl groups is 1. The minimum atomic E-state index is 0.0802. The number of nitrogens with one attached hydrogen (secondary N) is 1. The number of hydrogen-bond acceptors (Lipinski definition) is 3. The zero-order chi connectivity index (χ0) is 19.4. The summed E-state index contributed by atoms with van der Waals surface area (Å²) >= 11 is 8.17. The lowest BCUT2D eigenvalue weighted by atomic mass is 9.81. The fraction of sp³-hybridized carbons (Fsp3) is 0.591. The van der Waals surface area contributed by atoms with Crippen molar-refractivity contribution in [1.82, 2.24) is 5.32 Å². The summed E-state index contributed by atoms with van der Waals surface area (Å²) in [5.74, 6) is 2.33. The highest BCUT2D eigenvalue weighted by Crippen LogP contribution is 2.44. The van der Waals surface area contributed by atoms with Crippen molar-refractivity contribution in [1.29, 1.82) is 0 Å². The summed E-state index contributed by atoms with van der Waals surface area (Å²) in [6.45, 7) is 7.43. The summed E-state index contributed by atoms with van der Waals surface area (Å²) in [5.41, 5.74) is 2.54. The monoisotopic (exact) mass is 406 g/mol. The molecule has 3 rings (SSSR count). The molecule has 3 nitrogen and oxygen atoms in total. The normalized spacial score (nSPS) is 34.3. The number of allylic oxidation sites excluding steroid dienone is 5. The van der Waals surface area contributed by atoms with Crippen molar-refractivity contribution in [2.24, 2.45) is 22.7 Å². The van der Waals surface area contributed by atoms with Crippen LogP contribution in [0.15, 0.2) is 50.4 Å². The number of nitrogens with zero attached hydrogens (tertiary/aromatic N) is 1. The van der Waals surface area contributed by atoms with Gasteiger partial charge in [0.2, 0.25) is 0 Å². The Morgan fingerprint density at radius 1 is 1.33 bits per heavy atom. The summed E-state index contributed by atoms with van der Waals surface area (Å²) < 4.78 is 0. The molecule has 1 aliphatic heterocycles. The van der Waals surface area contributed by atoms with Gasteiger partial charge in [0.1, 0.15) is 5.84 Å². The second-order valence-corrected chi connectivity index (χ2v) is 9.21. The Balaban J connectivity index is 1.89. The predicted molar refractivity (Wildman–Crippen MR) is 118 cm³/mol. The molecule has 0 saturated heterocycles. The lowest BCUT2D eigenvalue weighted by molar-refractivity contribution is 0.174. The Morgan fingerprint density at radius 2 is 2.07 bits per heavy atom. The van der Waals surface area contributed by atoms with E-state index in [9.17, 15) is 5.11 Å². The Labute approximate surface area is 172 Å². The SMILES string of the molecule is C/C=C1\C(=NCC)NC(C2CCC(CO)CC2)=C1SC1=CC(C)C(Cl)C=C1. The van der Waals surface area contributed by atoms with Crippen LogP contribution in [0, 0.1) is 17.8 Å². The third kappa shape index (κ3) is 4.72. The van der Waals surface area contributed by atoms with Crippen LogP contribution >= 0.6 is 23.4 Å². The first-order valence-corrected chi connectivity index (χ1v) is 11.4. The fourth-order valence-electron chi connectivity index (χ4n) is 4.04. The smallest absolute Gasteiger partial charge is 0.133 e. The maximum atomic E-state index is 9.46. The third-order valence-electron chi connectivity index (χ3n) is 5.71. The van der Waals surface area contributed by atoms with E-state index in [1.54, 1.807) is 0 Å². The lowest BCUT2D eigenvalue weighted by Gasteiger charge is -2.29. The molecule has 2 N–H and O–H groups in total. The molecule has 1 saturated carbocycles. The molecule has 0 radical (unpaired) electrons. The molecule has 0 aromatic heterocycles. The molecular formula is C22H31ClN2OS. The van der Waals surface area contributed by atoms with Crippen LogP contribution in [0.1, 0.15) is 46.5 Å². The topological polar surface area (TPSA) is 44.6 Å². The van der Waals surface area contributed by atoms with Gasteiger partial charge < -0.3 is 10.4 Å². The molecule has 0 amide bonds. The Hall–Kier alpha value is -0.970. The second kappa shape index (κ2) is 9.49. The van der Waals surface area contributed by atoms with Gasteiger partial charge in [-0.3, -0.25) is 4.99 Å². The third-order valence-corrected chi connectivity index (χ3v) is 7.40. The first kappa shape index (κ1) is 20.8. The fourth-order valence-corrected chi connectivity index (χ4v) is 5.50. The standard InChI is InChI=1S/C22H31ClN2OS/c1-4-18-21(27-17-10-11-19(23)14(3)12-17)20(25-22(18)24-5-2)16-8-6-15(13-26)7-9-16/h4,10-12,14-16,19,26H,5-9,13H2,1-3H3,(H,24,25)/b18-4-. The van der Waals surface area contributed by atoms with Crippen molar-refractivity contribution in [3.63, 3.8) is 0 Å². The number of amidine groups is 1. The molecule has 0 aromatic carbocycles. The van der Waals surface area contributed by atoms with E-state index in [0.717, 1.165) is 38.1 Å². The van der Waals surface area contributed by atoms with E-state index in [-0.39, 0.29) is 5.38 Å². The van der Waals surface area contributed by atoms with Crippen molar-refractivity contribution >= 4 is 29.2 Å². The van der Waals surface area contributed by atoms with Gasteiger partial charge in [-0.25, -0.2) is 0 Å². The van der Waals surface area contributed by atoms with Crippen LogP contribution in [0.25, 0.3) is 0 Å². The Bertz CT molecular complexity index is 699. The van der Waals surface area contributed by atoms with Gasteiger partial charge >= 0.3 is 0 Å². The van der Waals surface area contributed by atoms with Crippen molar-refractivity contribution in [2.75, 3.05) is 13.2 Å². The highest BCUT2D eigenvalue weighted by atomic mass is 35.5. The Morgan fingerprint density at radius 3 is 2.67 bits per heavy atom. The quantitative estimate of drug-likeness (QED) is 0.601. The largest absolute Gasteiger partial charge is 0.396 e. The molecule has 2 unspecified atom stereocenters. The van der Waals surface area contributed by atoms with Crippen molar-refractivity contribution in [2.45, 2.75) is 51.8 Å². The summed E-state index contributed by atoms with van der Waals surface area (Å²) in [6.07, 6.45) is 13.2. The summed E-state index contributed by atoms with van der Waals surface area (Å²) in [5, 5.41) is 13.2. The van der Waals surface area contributed by atoms with Gasteiger partial charge in [-0.05, 0) is 51.4 Å². The number of aliphatic hydroxyl groups excluding tert-OH is 1. The van der Waals surface area contributed by atoms with Crippen LogP contribution < -0.4 is 5.32 Å². The summed E-state index contributed by atoms with van der Waals surface area (Å²) in [4.78, 5) is 7.28. The van der Waals surface area contributed by atoms with E-state index in [4.69, 9.17) is 16.6 Å². The zero-order valence-electron chi connectivity index (χ0n) is 16.5. The molecule has 0 bridgehead atoms. The van der Waals surface area contributed by atoms with Crippen molar-refractivity contribution in [3.05, 3.63) is 45.4 Å². The van der Waals surface area contributed by atoms with E-state index in [1.807, 2.05) is 11.8 Å². The average molecular weight is 407 g/mol. The van der Waals surface area contributed by atoms with Gasteiger partial charge in [0.05, 0.1) is 5.38 Å². The summed E-state index contributed by atoms with van der Waals surface area (Å²) in [7, 11) is 0. The molecule has 148 valence electrons.